The van der Waals surface area contributed by atoms with Crippen LogP contribution in [0.2, 0.25) is 5.02 Å². The summed E-state index contributed by atoms with van der Waals surface area (Å²) in [5, 5.41) is 19.5. The molecule has 7 nitrogen and oxygen atoms in total. The summed E-state index contributed by atoms with van der Waals surface area (Å²) in [7, 11) is 0. The third kappa shape index (κ3) is 2.83. The number of rotatable bonds is 3. The topological polar surface area (TPSA) is 103 Å². The Morgan fingerprint density at radius 2 is 2.11 bits per heavy atom. The number of furan rings is 1. The van der Waals surface area contributed by atoms with Crippen molar-refractivity contribution in [1.82, 2.24) is 0 Å². The van der Waals surface area contributed by atoms with E-state index in [-0.39, 0.29) is 28.0 Å². The van der Waals surface area contributed by atoms with Crippen molar-refractivity contribution < 1.29 is 24.0 Å². The van der Waals surface area contributed by atoms with Crippen LogP contribution in [0.15, 0.2) is 34.7 Å². The third-order valence-corrected chi connectivity index (χ3v) is 2.43. The van der Waals surface area contributed by atoms with E-state index in [1.54, 1.807) is 0 Å². The number of nitrogens with zero attached hydrogens (tertiary/aromatic N) is 1. The normalized spacial score (nSPS) is 10.2. The Bertz CT molecular complexity index is 650. The van der Waals surface area contributed by atoms with E-state index < -0.39 is 11.1 Å². The third-order valence-electron chi connectivity index (χ3n) is 2.19. The lowest BCUT2D eigenvalue weighted by Gasteiger charge is -2.00. The summed E-state index contributed by atoms with van der Waals surface area (Å²) in [6.45, 7) is 0. The lowest BCUT2D eigenvalue weighted by molar-refractivity contribution is -0.384. The molecule has 0 amide bonds. The second kappa shape index (κ2) is 4.99. The van der Waals surface area contributed by atoms with Crippen molar-refractivity contribution in [3.63, 3.8) is 0 Å². The van der Waals surface area contributed by atoms with Crippen molar-refractivity contribution in [2.75, 3.05) is 0 Å². The Hall–Kier alpha value is -2.54. The highest BCUT2D eigenvalue weighted by molar-refractivity contribution is 6.30. The minimum absolute atomic E-state index is 0.111. The summed E-state index contributed by atoms with van der Waals surface area (Å²) in [5.41, 5.74) is -0.0710. The van der Waals surface area contributed by atoms with Crippen LogP contribution in [0.25, 0.3) is 11.3 Å². The van der Waals surface area contributed by atoms with E-state index in [1.807, 2.05) is 0 Å². The lowest BCUT2D eigenvalue weighted by atomic mass is 10.1. The lowest BCUT2D eigenvalue weighted by Crippen LogP contribution is -2.01. The number of carbonyl (C=O) groups is 1. The molecule has 98 valence electrons. The van der Waals surface area contributed by atoms with Gasteiger partial charge in [0, 0.05) is 17.2 Å². The summed E-state index contributed by atoms with van der Waals surface area (Å²) in [6.07, 6.45) is -1.54. The minimum atomic E-state index is -1.54. The van der Waals surface area contributed by atoms with Gasteiger partial charge in [-0.05, 0) is 18.2 Å². The molecule has 1 aromatic heterocycles. The molecule has 0 unspecified atom stereocenters. The fourth-order valence-corrected chi connectivity index (χ4v) is 1.64. The molecule has 0 saturated carbocycles. The molecule has 19 heavy (non-hydrogen) atoms. The van der Waals surface area contributed by atoms with Gasteiger partial charge in [-0.2, -0.15) is 0 Å². The molecule has 8 heteroatoms. The van der Waals surface area contributed by atoms with Crippen LogP contribution < -0.4 is 4.74 Å². The Kier molecular flexibility index (Phi) is 3.39. The number of nitro groups is 1. The smallest absolute Gasteiger partial charge is 0.449 e. The van der Waals surface area contributed by atoms with Crippen LogP contribution in [-0.4, -0.2) is 16.2 Å². The maximum atomic E-state index is 10.9. The first kappa shape index (κ1) is 12.9. The predicted octanol–water partition coefficient (Wildman–Crippen LogP) is 3.57. The average Bonchev–Trinajstić information content (AvgIpc) is 2.76. The number of nitro benzene ring substituents is 1. The van der Waals surface area contributed by atoms with E-state index in [9.17, 15) is 14.9 Å². The van der Waals surface area contributed by atoms with Gasteiger partial charge in [0.05, 0.1) is 10.5 Å². The van der Waals surface area contributed by atoms with Crippen LogP contribution in [0.3, 0.4) is 0 Å². The predicted molar refractivity (Wildman–Crippen MR) is 64.5 cm³/mol. The maximum Gasteiger partial charge on any atom is 0.513 e. The molecule has 1 N–H and O–H groups in total. The quantitative estimate of drug-likeness (QED) is 0.525. The maximum absolute atomic E-state index is 10.9. The molecular formula is C11H6ClNO6. The Morgan fingerprint density at radius 3 is 2.74 bits per heavy atom. The first-order chi connectivity index (χ1) is 8.97. The highest BCUT2D eigenvalue weighted by Crippen LogP contribution is 2.34. The van der Waals surface area contributed by atoms with Crippen LogP contribution in [0.4, 0.5) is 10.5 Å². The van der Waals surface area contributed by atoms with Gasteiger partial charge in [-0.3, -0.25) is 10.1 Å². The fraction of sp³-hybridized carbons (Fsp3) is 0. The van der Waals surface area contributed by atoms with E-state index in [4.69, 9.17) is 21.1 Å². The Labute approximate surface area is 111 Å². The molecule has 0 atom stereocenters. The minimum Gasteiger partial charge on any atom is -0.449 e. The van der Waals surface area contributed by atoms with Crippen molar-refractivity contribution in [3.05, 3.63) is 45.5 Å². The van der Waals surface area contributed by atoms with Gasteiger partial charge < -0.3 is 14.3 Å². The molecule has 0 aliphatic heterocycles. The average molecular weight is 284 g/mol. The Balaban J connectivity index is 2.44. The standard InChI is InChI=1S/C11H6ClNO6/c12-6-1-2-7(8(5-6)13(16)17)9-3-4-10(18-9)19-11(14)15/h1-5H,(H,14,15). The molecular weight excluding hydrogens is 278 g/mol. The first-order valence-electron chi connectivity index (χ1n) is 4.92. The largest absolute Gasteiger partial charge is 0.513 e. The van der Waals surface area contributed by atoms with E-state index in [1.165, 1.54) is 30.3 Å². The summed E-state index contributed by atoms with van der Waals surface area (Å²) in [6, 6.07) is 6.67. The zero-order valence-corrected chi connectivity index (χ0v) is 9.96. The van der Waals surface area contributed by atoms with Crippen molar-refractivity contribution >= 4 is 23.4 Å². The molecule has 1 aromatic carbocycles. The molecule has 0 aliphatic carbocycles. The highest BCUT2D eigenvalue weighted by atomic mass is 35.5. The van der Waals surface area contributed by atoms with E-state index >= 15 is 0 Å². The number of ether oxygens (including phenoxy) is 1. The second-order valence-corrected chi connectivity index (χ2v) is 3.84. The zero-order chi connectivity index (χ0) is 14.0. The van der Waals surface area contributed by atoms with Gasteiger partial charge in [-0.15, -0.1) is 0 Å². The first-order valence-corrected chi connectivity index (χ1v) is 5.30. The van der Waals surface area contributed by atoms with Crippen LogP contribution in [0.5, 0.6) is 5.95 Å². The summed E-state index contributed by atoms with van der Waals surface area (Å²) in [5.74, 6) is -0.161. The molecule has 2 rings (SSSR count). The summed E-state index contributed by atoms with van der Waals surface area (Å²) < 4.78 is 9.36. The summed E-state index contributed by atoms with van der Waals surface area (Å²) >= 11 is 5.68. The molecule has 0 bridgehead atoms. The number of hydrogen-bond donors (Lipinski definition) is 1. The molecule has 0 fully saturated rings. The number of benzene rings is 1. The van der Waals surface area contributed by atoms with Gasteiger partial charge >= 0.3 is 6.16 Å². The summed E-state index contributed by atoms with van der Waals surface area (Å²) in [4.78, 5) is 20.6. The van der Waals surface area contributed by atoms with E-state index in [0.29, 0.717) is 0 Å². The van der Waals surface area contributed by atoms with Gasteiger partial charge in [0.2, 0.25) is 0 Å². The fourth-order valence-electron chi connectivity index (χ4n) is 1.47. The van der Waals surface area contributed by atoms with Crippen LogP contribution >= 0.6 is 11.6 Å². The number of halogens is 1. The molecule has 2 aromatic rings. The molecule has 0 saturated heterocycles. The second-order valence-electron chi connectivity index (χ2n) is 3.41. The highest BCUT2D eigenvalue weighted by Gasteiger charge is 2.19. The van der Waals surface area contributed by atoms with Gasteiger partial charge in [0.1, 0.15) is 5.76 Å². The van der Waals surface area contributed by atoms with Crippen LogP contribution in [-0.2, 0) is 0 Å². The van der Waals surface area contributed by atoms with Gasteiger partial charge in [-0.1, -0.05) is 11.6 Å². The number of hydrogen-bond acceptors (Lipinski definition) is 5. The molecule has 0 spiro atoms. The molecule has 0 aliphatic rings. The SMILES string of the molecule is O=C(O)Oc1ccc(-c2ccc(Cl)cc2[N+](=O)[O-])o1. The monoisotopic (exact) mass is 283 g/mol. The van der Waals surface area contributed by atoms with Crippen molar-refractivity contribution in [2.45, 2.75) is 0 Å². The van der Waals surface area contributed by atoms with Crippen LogP contribution in [0.1, 0.15) is 0 Å². The van der Waals surface area contributed by atoms with Crippen molar-refractivity contribution in [3.8, 4) is 17.3 Å². The zero-order valence-electron chi connectivity index (χ0n) is 9.20. The number of carboxylic acid groups (broad SMARTS) is 1. The molecule has 1 heterocycles. The van der Waals surface area contributed by atoms with Crippen molar-refractivity contribution in [1.29, 1.82) is 0 Å². The van der Waals surface area contributed by atoms with Crippen LogP contribution in [0, 0.1) is 10.1 Å². The van der Waals surface area contributed by atoms with Crippen molar-refractivity contribution in [2.24, 2.45) is 0 Å². The Morgan fingerprint density at radius 1 is 1.37 bits per heavy atom. The van der Waals surface area contributed by atoms with Gasteiger partial charge in [0.15, 0.2) is 0 Å². The van der Waals surface area contributed by atoms with E-state index in [0.717, 1.165) is 0 Å². The van der Waals surface area contributed by atoms with Gasteiger partial charge in [-0.25, -0.2) is 4.79 Å². The molecule has 0 radical (unpaired) electrons. The van der Waals surface area contributed by atoms with E-state index in [2.05, 4.69) is 4.74 Å². The van der Waals surface area contributed by atoms with Gasteiger partial charge in [0.25, 0.3) is 11.6 Å².